The molecule has 0 radical (unpaired) electrons. The van der Waals surface area contributed by atoms with E-state index in [0.29, 0.717) is 42.2 Å². The molecule has 8 nitrogen and oxygen atoms in total. The van der Waals surface area contributed by atoms with E-state index in [-0.39, 0.29) is 17.5 Å². The van der Waals surface area contributed by atoms with Crippen LogP contribution in [0.3, 0.4) is 0 Å². The minimum Gasteiger partial charge on any atom is -0.385 e. The Kier molecular flexibility index (Phi) is 6.98. The van der Waals surface area contributed by atoms with E-state index in [9.17, 15) is 14.0 Å². The van der Waals surface area contributed by atoms with Crippen LogP contribution in [0.1, 0.15) is 53.3 Å². The molecule has 2 amide bonds. The topological polar surface area (TPSA) is 89.3 Å². The number of amides is 2. The molecule has 0 unspecified atom stereocenters. The fourth-order valence-electron chi connectivity index (χ4n) is 4.17. The number of aryl methyl sites for hydroxylation is 1. The lowest BCUT2D eigenvalue weighted by molar-refractivity contribution is 0.0635. The quantitative estimate of drug-likeness (QED) is 0.549. The molecule has 1 aliphatic heterocycles. The number of piperidine rings is 1. The van der Waals surface area contributed by atoms with Crippen LogP contribution in [0.4, 0.5) is 10.3 Å². The van der Waals surface area contributed by atoms with Gasteiger partial charge in [0.15, 0.2) is 5.65 Å². The summed E-state index contributed by atoms with van der Waals surface area (Å²) in [6, 6.07) is 7.37. The van der Waals surface area contributed by atoms with E-state index < -0.39 is 11.7 Å². The Morgan fingerprint density at radius 2 is 2.09 bits per heavy atom. The number of imidazole rings is 1. The number of likely N-dealkylation sites (tertiary alicyclic amines) is 1. The second-order valence-electron chi connectivity index (χ2n) is 8.31. The monoisotopic (exact) mass is 453 g/mol. The molecule has 3 heterocycles. The molecular weight excluding hydrogens is 425 g/mol. The van der Waals surface area contributed by atoms with E-state index in [1.165, 1.54) is 24.3 Å². The smallest absolute Gasteiger partial charge is 0.258 e. The number of pyridine rings is 1. The van der Waals surface area contributed by atoms with Crippen molar-refractivity contribution in [2.45, 2.75) is 45.2 Å². The van der Waals surface area contributed by atoms with E-state index in [1.807, 2.05) is 4.90 Å². The Balaban J connectivity index is 1.65. The van der Waals surface area contributed by atoms with Crippen molar-refractivity contribution in [3.8, 4) is 0 Å². The maximum atomic E-state index is 13.6. The van der Waals surface area contributed by atoms with Crippen LogP contribution in [0.15, 0.2) is 36.5 Å². The van der Waals surface area contributed by atoms with Crippen LogP contribution in [0.25, 0.3) is 11.2 Å². The van der Waals surface area contributed by atoms with Crippen molar-refractivity contribution in [2.24, 2.45) is 0 Å². The minimum absolute atomic E-state index is 0.0594. The predicted octanol–water partition coefficient (Wildman–Crippen LogP) is 3.87. The molecule has 0 aliphatic carbocycles. The molecular formula is C24H28FN5O3. The van der Waals surface area contributed by atoms with Crippen LogP contribution in [0.5, 0.6) is 0 Å². The zero-order valence-corrected chi connectivity index (χ0v) is 18.9. The third-order valence-electron chi connectivity index (χ3n) is 5.94. The molecule has 174 valence electrons. The first-order valence-electron chi connectivity index (χ1n) is 11.2. The zero-order chi connectivity index (χ0) is 23.4. The van der Waals surface area contributed by atoms with Crippen molar-refractivity contribution in [1.29, 1.82) is 0 Å². The summed E-state index contributed by atoms with van der Waals surface area (Å²) in [4.78, 5) is 36.7. The van der Waals surface area contributed by atoms with E-state index in [4.69, 9.17) is 4.74 Å². The fraction of sp³-hybridized carbons (Fsp3) is 0.417. The Bertz CT molecular complexity index is 1160. The van der Waals surface area contributed by atoms with Gasteiger partial charge in [-0.25, -0.2) is 14.4 Å². The molecule has 3 aromatic rings. The Morgan fingerprint density at radius 1 is 1.24 bits per heavy atom. The second kappa shape index (κ2) is 10.1. The molecule has 1 aliphatic rings. The van der Waals surface area contributed by atoms with E-state index >= 15 is 0 Å². The van der Waals surface area contributed by atoms with Gasteiger partial charge < -0.3 is 9.64 Å². The molecule has 4 rings (SSSR count). The molecule has 1 aromatic carbocycles. The molecule has 0 spiro atoms. The van der Waals surface area contributed by atoms with Gasteiger partial charge in [0.05, 0.1) is 5.56 Å². The number of fused-ring (bicyclic) bond motifs is 1. The molecule has 1 N–H and O–H groups in total. The molecule has 1 fully saturated rings. The van der Waals surface area contributed by atoms with Crippen molar-refractivity contribution in [1.82, 2.24) is 19.4 Å². The average Bonchev–Trinajstić information content (AvgIpc) is 3.15. The lowest BCUT2D eigenvalue weighted by Crippen LogP contribution is -2.42. The number of hydrogen-bond acceptors (Lipinski definition) is 5. The van der Waals surface area contributed by atoms with Gasteiger partial charge in [0.1, 0.15) is 11.3 Å². The number of carbonyl (C=O) groups is 2. The van der Waals surface area contributed by atoms with Crippen molar-refractivity contribution in [3.63, 3.8) is 0 Å². The average molecular weight is 454 g/mol. The molecule has 0 saturated carbocycles. The summed E-state index contributed by atoms with van der Waals surface area (Å²) >= 11 is 0. The van der Waals surface area contributed by atoms with Crippen molar-refractivity contribution < 1.29 is 18.7 Å². The Hall–Kier alpha value is -3.33. The Morgan fingerprint density at radius 3 is 2.85 bits per heavy atom. The number of benzene rings is 1. The summed E-state index contributed by atoms with van der Waals surface area (Å²) in [5.41, 5.74) is 1.73. The van der Waals surface area contributed by atoms with Crippen LogP contribution in [0, 0.1) is 5.82 Å². The number of aromatic nitrogens is 3. The van der Waals surface area contributed by atoms with Crippen molar-refractivity contribution >= 4 is 28.9 Å². The highest BCUT2D eigenvalue weighted by Crippen LogP contribution is 2.23. The summed E-state index contributed by atoms with van der Waals surface area (Å²) in [5, 5.41) is 2.76. The maximum absolute atomic E-state index is 13.6. The van der Waals surface area contributed by atoms with Crippen LogP contribution in [-0.2, 0) is 11.3 Å². The van der Waals surface area contributed by atoms with Crippen LogP contribution < -0.4 is 5.32 Å². The normalized spacial score (nSPS) is 16.2. The van der Waals surface area contributed by atoms with Gasteiger partial charge in [0.25, 0.3) is 11.8 Å². The van der Waals surface area contributed by atoms with Crippen molar-refractivity contribution in [2.75, 3.05) is 25.6 Å². The number of nitrogens with zero attached hydrogens (tertiary/aromatic N) is 4. The lowest BCUT2D eigenvalue weighted by Gasteiger charge is -2.33. The highest BCUT2D eigenvalue weighted by molar-refractivity contribution is 6.04. The largest absolute Gasteiger partial charge is 0.385 e. The van der Waals surface area contributed by atoms with Gasteiger partial charge in [-0.3, -0.25) is 19.5 Å². The zero-order valence-electron chi connectivity index (χ0n) is 18.9. The molecule has 9 heteroatoms. The van der Waals surface area contributed by atoms with Gasteiger partial charge in [0.2, 0.25) is 5.95 Å². The van der Waals surface area contributed by atoms with E-state index in [2.05, 4.69) is 22.2 Å². The molecule has 33 heavy (non-hydrogen) atoms. The van der Waals surface area contributed by atoms with E-state index in [0.717, 1.165) is 25.8 Å². The maximum Gasteiger partial charge on any atom is 0.258 e. The number of hydrogen-bond donors (Lipinski definition) is 1. The first-order chi connectivity index (χ1) is 16.0. The summed E-state index contributed by atoms with van der Waals surface area (Å²) in [5.74, 6) is -0.737. The van der Waals surface area contributed by atoms with Crippen LogP contribution in [-0.4, -0.2) is 57.6 Å². The standard InChI is InChI=1S/C24H28FN5O3/c1-16-7-3-4-10-29(16)23(32)18-14-20-21(26-15-18)30(11-6-12-33-2)24(27-20)28-22(31)17-8-5-9-19(25)13-17/h5,8-9,13-16H,3-4,6-7,10-12H2,1-2H3,(H,27,28,31)/t16-/m1/s1. The molecule has 0 bridgehead atoms. The summed E-state index contributed by atoms with van der Waals surface area (Å²) in [6.07, 6.45) is 5.36. The van der Waals surface area contributed by atoms with Gasteiger partial charge in [-0.1, -0.05) is 6.07 Å². The summed E-state index contributed by atoms with van der Waals surface area (Å²) in [6.45, 7) is 3.83. The number of ether oxygens (including phenoxy) is 1. The first-order valence-corrected chi connectivity index (χ1v) is 11.2. The van der Waals surface area contributed by atoms with Gasteiger partial charge in [-0.2, -0.15) is 0 Å². The summed E-state index contributed by atoms with van der Waals surface area (Å²) in [7, 11) is 1.62. The predicted molar refractivity (Wildman–Crippen MR) is 123 cm³/mol. The Labute approximate surface area is 191 Å². The number of anilines is 1. The van der Waals surface area contributed by atoms with Gasteiger partial charge in [0, 0.05) is 44.6 Å². The molecule has 1 saturated heterocycles. The summed E-state index contributed by atoms with van der Waals surface area (Å²) < 4.78 is 20.5. The van der Waals surface area contributed by atoms with Crippen molar-refractivity contribution in [3.05, 3.63) is 53.5 Å². The number of methoxy groups -OCH3 is 1. The lowest BCUT2D eigenvalue weighted by atomic mass is 10.0. The second-order valence-corrected chi connectivity index (χ2v) is 8.31. The third kappa shape index (κ3) is 5.03. The minimum atomic E-state index is -0.493. The number of rotatable bonds is 7. The highest BCUT2D eigenvalue weighted by Gasteiger charge is 2.25. The third-order valence-corrected chi connectivity index (χ3v) is 5.94. The highest BCUT2D eigenvalue weighted by atomic mass is 19.1. The van der Waals surface area contributed by atoms with Gasteiger partial charge in [-0.15, -0.1) is 0 Å². The molecule has 1 atom stereocenters. The number of nitrogens with one attached hydrogen (secondary N) is 1. The van der Waals surface area contributed by atoms with Gasteiger partial charge >= 0.3 is 0 Å². The van der Waals surface area contributed by atoms with Crippen LogP contribution >= 0.6 is 0 Å². The number of carbonyl (C=O) groups excluding carboxylic acids is 2. The van der Waals surface area contributed by atoms with E-state index in [1.54, 1.807) is 23.9 Å². The molecule has 2 aromatic heterocycles. The van der Waals surface area contributed by atoms with Crippen LogP contribution in [0.2, 0.25) is 0 Å². The number of halogens is 1. The van der Waals surface area contributed by atoms with Gasteiger partial charge in [-0.05, 0) is 56.9 Å². The SMILES string of the molecule is COCCCn1c(NC(=O)c2cccc(F)c2)nc2cc(C(=O)N3CCCC[C@H]3C)cnc21. The first kappa shape index (κ1) is 22.8. The fourth-order valence-corrected chi connectivity index (χ4v) is 4.17.